The van der Waals surface area contributed by atoms with Crippen LogP contribution in [0.15, 0.2) is 53.8 Å². The van der Waals surface area contributed by atoms with Crippen molar-refractivity contribution < 1.29 is 13.3 Å². The molecule has 0 fully saturated rings. The number of fused-ring (bicyclic) bond motifs is 1. The van der Waals surface area contributed by atoms with Gasteiger partial charge in [0.25, 0.3) is 11.1 Å². The zero-order chi connectivity index (χ0) is 18.3. The maximum Gasteiger partial charge on any atom is 0.336 e. The summed E-state index contributed by atoms with van der Waals surface area (Å²) in [4.78, 5) is 11.9. The molecule has 0 aliphatic rings. The summed E-state index contributed by atoms with van der Waals surface area (Å²) in [6, 6.07) is 7.24. The summed E-state index contributed by atoms with van der Waals surface area (Å²) >= 11 is 1.38. The van der Waals surface area contributed by atoms with E-state index in [0.29, 0.717) is 22.4 Å². The normalized spacial score (nSPS) is 11.3. The van der Waals surface area contributed by atoms with Gasteiger partial charge in [-0.2, -0.15) is 0 Å². The minimum absolute atomic E-state index is 0.364. The number of hydrogen-bond donors (Lipinski definition) is 0. The van der Waals surface area contributed by atoms with Gasteiger partial charge in [-0.1, -0.05) is 11.8 Å². The SMILES string of the molecule is Cc1cc2oc(=O)cc(CSc3nnc(-c4ccoc4C)o3)c2cc1C. The third-order valence-corrected chi connectivity index (χ3v) is 5.16. The van der Waals surface area contributed by atoms with Gasteiger partial charge in [-0.05, 0) is 55.7 Å². The van der Waals surface area contributed by atoms with Crippen molar-refractivity contribution in [2.75, 3.05) is 0 Å². The monoisotopic (exact) mass is 368 g/mol. The Bertz CT molecular complexity index is 1160. The second kappa shape index (κ2) is 6.49. The average Bonchev–Trinajstić information content (AvgIpc) is 3.23. The molecule has 1 aromatic carbocycles. The van der Waals surface area contributed by atoms with Crippen LogP contribution in [-0.2, 0) is 5.75 Å². The van der Waals surface area contributed by atoms with E-state index in [1.807, 2.05) is 32.9 Å². The van der Waals surface area contributed by atoms with Gasteiger partial charge in [0.05, 0.1) is 11.8 Å². The third-order valence-electron chi connectivity index (χ3n) is 4.29. The lowest BCUT2D eigenvalue weighted by Gasteiger charge is -2.07. The number of benzene rings is 1. The minimum atomic E-state index is -0.364. The Morgan fingerprint density at radius 2 is 1.85 bits per heavy atom. The van der Waals surface area contributed by atoms with E-state index in [2.05, 4.69) is 10.2 Å². The second-order valence-corrected chi connectivity index (χ2v) is 7.00. The molecule has 0 bridgehead atoms. The highest BCUT2D eigenvalue weighted by Gasteiger charge is 2.14. The van der Waals surface area contributed by atoms with Crippen LogP contribution in [0.3, 0.4) is 0 Å². The van der Waals surface area contributed by atoms with Gasteiger partial charge in [-0.3, -0.25) is 0 Å². The summed E-state index contributed by atoms with van der Waals surface area (Å²) in [5.74, 6) is 1.67. The van der Waals surface area contributed by atoms with Crippen LogP contribution in [0.1, 0.15) is 22.5 Å². The summed E-state index contributed by atoms with van der Waals surface area (Å²) < 4.78 is 16.3. The highest BCUT2D eigenvalue weighted by Crippen LogP contribution is 2.30. The maximum atomic E-state index is 11.9. The smallest absolute Gasteiger partial charge is 0.336 e. The molecular weight excluding hydrogens is 352 g/mol. The van der Waals surface area contributed by atoms with E-state index < -0.39 is 0 Å². The van der Waals surface area contributed by atoms with Crippen molar-refractivity contribution in [3.63, 3.8) is 0 Å². The van der Waals surface area contributed by atoms with Crippen LogP contribution in [0.2, 0.25) is 0 Å². The van der Waals surface area contributed by atoms with Gasteiger partial charge in [-0.25, -0.2) is 4.79 Å². The Balaban J connectivity index is 1.62. The molecular formula is C19H16N2O4S. The summed E-state index contributed by atoms with van der Waals surface area (Å²) in [7, 11) is 0. The number of rotatable bonds is 4. The zero-order valence-corrected chi connectivity index (χ0v) is 15.3. The van der Waals surface area contributed by atoms with Crippen molar-refractivity contribution in [1.29, 1.82) is 0 Å². The van der Waals surface area contributed by atoms with Crippen molar-refractivity contribution in [3.8, 4) is 11.5 Å². The molecule has 0 radical (unpaired) electrons. The standard InChI is InChI=1S/C19H16N2O4S/c1-10-6-15-13(8-17(22)24-16(15)7-11(10)2)9-26-19-21-20-18(25-19)14-4-5-23-12(14)3/h4-8H,9H2,1-3H3. The Labute approximate surface area is 153 Å². The van der Waals surface area contributed by atoms with Crippen LogP contribution in [0, 0.1) is 20.8 Å². The highest BCUT2D eigenvalue weighted by molar-refractivity contribution is 7.98. The molecule has 0 atom stereocenters. The van der Waals surface area contributed by atoms with Crippen molar-refractivity contribution >= 4 is 22.7 Å². The second-order valence-electron chi connectivity index (χ2n) is 6.08. The van der Waals surface area contributed by atoms with E-state index in [0.717, 1.165) is 33.4 Å². The molecule has 3 heterocycles. The summed E-state index contributed by atoms with van der Waals surface area (Å²) in [5, 5.41) is 9.48. The van der Waals surface area contributed by atoms with Crippen LogP contribution in [-0.4, -0.2) is 10.2 Å². The number of aryl methyl sites for hydroxylation is 3. The quantitative estimate of drug-likeness (QED) is 0.383. The molecule has 6 nitrogen and oxygen atoms in total. The van der Waals surface area contributed by atoms with Crippen LogP contribution in [0.4, 0.5) is 0 Å². The minimum Gasteiger partial charge on any atom is -0.469 e. The molecule has 7 heteroatoms. The highest BCUT2D eigenvalue weighted by atomic mass is 32.2. The lowest BCUT2D eigenvalue weighted by atomic mass is 10.0. The molecule has 132 valence electrons. The van der Waals surface area contributed by atoms with E-state index in [9.17, 15) is 4.79 Å². The predicted octanol–water partition coefficient (Wildman–Crippen LogP) is 4.65. The molecule has 3 aromatic heterocycles. The molecule has 0 saturated carbocycles. The Kier molecular flexibility index (Phi) is 4.16. The first-order chi connectivity index (χ1) is 12.5. The maximum absolute atomic E-state index is 11.9. The fraction of sp³-hybridized carbons (Fsp3) is 0.211. The molecule has 0 amide bonds. The topological polar surface area (TPSA) is 82.3 Å². The van der Waals surface area contributed by atoms with Crippen molar-refractivity contribution in [2.45, 2.75) is 31.7 Å². The first kappa shape index (κ1) is 16.7. The van der Waals surface area contributed by atoms with E-state index >= 15 is 0 Å². The molecule has 0 aliphatic heterocycles. The third kappa shape index (κ3) is 3.06. The number of thioether (sulfide) groups is 1. The largest absolute Gasteiger partial charge is 0.469 e. The molecule has 0 aliphatic carbocycles. The predicted molar refractivity (Wildman–Crippen MR) is 98.3 cm³/mol. The van der Waals surface area contributed by atoms with Gasteiger partial charge in [-0.15, -0.1) is 10.2 Å². The van der Waals surface area contributed by atoms with Gasteiger partial charge >= 0.3 is 5.63 Å². The summed E-state index contributed by atoms with van der Waals surface area (Å²) in [6.07, 6.45) is 1.58. The lowest BCUT2D eigenvalue weighted by molar-refractivity contribution is 0.463. The molecule has 4 aromatic rings. The molecule has 0 N–H and O–H groups in total. The van der Waals surface area contributed by atoms with Crippen molar-refractivity contribution in [1.82, 2.24) is 10.2 Å². The molecule has 26 heavy (non-hydrogen) atoms. The van der Waals surface area contributed by atoms with Crippen LogP contribution in [0.25, 0.3) is 22.4 Å². The fourth-order valence-corrected chi connectivity index (χ4v) is 3.48. The Morgan fingerprint density at radius 3 is 2.62 bits per heavy atom. The first-order valence-corrected chi connectivity index (χ1v) is 9.04. The number of furan rings is 1. The van der Waals surface area contributed by atoms with Gasteiger partial charge < -0.3 is 13.3 Å². The fourth-order valence-electron chi connectivity index (χ4n) is 2.73. The molecule has 0 unspecified atom stereocenters. The van der Waals surface area contributed by atoms with Crippen LogP contribution >= 0.6 is 11.8 Å². The van der Waals surface area contributed by atoms with E-state index in [4.69, 9.17) is 13.3 Å². The number of hydrogen-bond acceptors (Lipinski definition) is 7. The summed E-state index contributed by atoms with van der Waals surface area (Å²) in [5.41, 5.74) is 4.12. The van der Waals surface area contributed by atoms with Crippen molar-refractivity contribution in [3.05, 3.63) is 63.4 Å². The molecule has 4 rings (SSSR count). The van der Waals surface area contributed by atoms with E-state index in [1.54, 1.807) is 12.3 Å². The zero-order valence-electron chi connectivity index (χ0n) is 14.5. The van der Waals surface area contributed by atoms with Crippen LogP contribution in [0.5, 0.6) is 0 Å². The molecule has 0 spiro atoms. The average molecular weight is 368 g/mol. The lowest BCUT2D eigenvalue weighted by Crippen LogP contribution is -2.00. The van der Waals surface area contributed by atoms with Gasteiger partial charge in [0.15, 0.2) is 0 Å². The van der Waals surface area contributed by atoms with Gasteiger partial charge in [0.2, 0.25) is 0 Å². The number of nitrogens with zero attached hydrogens (tertiary/aromatic N) is 2. The number of aromatic nitrogens is 2. The van der Waals surface area contributed by atoms with E-state index in [-0.39, 0.29) is 5.63 Å². The Morgan fingerprint density at radius 1 is 1.04 bits per heavy atom. The van der Waals surface area contributed by atoms with Gasteiger partial charge in [0, 0.05) is 17.2 Å². The summed E-state index contributed by atoms with van der Waals surface area (Å²) in [6.45, 7) is 5.87. The Hall–Kier alpha value is -2.80. The first-order valence-electron chi connectivity index (χ1n) is 8.06. The molecule has 0 saturated heterocycles. The van der Waals surface area contributed by atoms with Crippen LogP contribution < -0.4 is 5.63 Å². The van der Waals surface area contributed by atoms with Gasteiger partial charge in [0.1, 0.15) is 11.3 Å². The van der Waals surface area contributed by atoms with Crippen molar-refractivity contribution in [2.24, 2.45) is 0 Å². The van der Waals surface area contributed by atoms with E-state index in [1.165, 1.54) is 17.8 Å².